The Balaban J connectivity index is 0.00000126. The first-order chi connectivity index (χ1) is 14.9. The fraction of sp³-hybridized carbons (Fsp3) is 0.727. The molecule has 0 aromatic heterocycles. The van der Waals surface area contributed by atoms with E-state index in [0.717, 1.165) is 11.1 Å². The van der Waals surface area contributed by atoms with E-state index < -0.39 is 48.5 Å². The molecule has 0 aliphatic rings. The van der Waals surface area contributed by atoms with E-state index in [1.165, 1.54) is 5.56 Å². The van der Waals surface area contributed by atoms with Crippen LogP contribution in [-0.2, 0) is 15.1 Å². The van der Waals surface area contributed by atoms with Crippen molar-refractivity contribution in [1.29, 1.82) is 0 Å². The molecule has 8 N–H and O–H groups in total. The largest absolute Gasteiger partial charge is 0.395 e. The Hall–Kier alpha value is -0.280. The minimum Gasteiger partial charge on any atom is -0.395 e. The highest BCUT2D eigenvalue weighted by Gasteiger charge is 2.42. The van der Waals surface area contributed by atoms with Gasteiger partial charge in [-0.1, -0.05) is 67.5 Å². The van der Waals surface area contributed by atoms with Crippen LogP contribution in [0, 0.1) is 5.41 Å². The van der Waals surface area contributed by atoms with E-state index >= 15 is 0 Å². The van der Waals surface area contributed by atoms with Crippen LogP contribution in [0.3, 0.4) is 0 Å². The quantitative estimate of drug-likeness (QED) is 0.244. The van der Waals surface area contributed by atoms with Crippen LogP contribution < -0.4 is 0 Å². The number of hydrogen-bond donors (Lipinski definition) is 8. The Labute approximate surface area is 199 Å². The van der Waals surface area contributed by atoms with Gasteiger partial charge in [-0.25, -0.2) is 4.31 Å². The standard InChI is InChI=1S/C22H38O4.H4O5P2/c1-14(2)15-9-16(20(3,4)5)18(17(10-15)21(6,7)8)19(26)22(11-23,12-24)13-25;1-6(2)5-7(3)4/h9-10,14,19,23-26H,11-13H2,1-8H3;1-4H. The first kappa shape index (κ1) is 32.7. The fourth-order valence-electron chi connectivity index (χ4n) is 3.33. The van der Waals surface area contributed by atoms with E-state index in [4.69, 9.17) is 19.6 Å². The minimum atomic E-state index is -2.61. The van der Waals surface area contributed by atoms with Crippen molar-refractivity contribution in [2.24, 2.45) is 5.41 Å². The average Bonchev–Trinajstić information content (AvgIpc) is 2.66. The molecule has 0 spiro atoms. The normalized spacial score (nSPS) is 14.0. The van der Waals surface area contributed by atoms with Crippen LogP contribution in [0.1, 0.15) is 89.7 Å². The molecule has 33 heavy (non-hydrogen) atoms. The van der Waals surface area contributed by atoms with Crippen molar-refractivity contribution in [3.05, 3.63) is 34.4 Å². The van der Waals surface area contributed by atoms with Crippen molar-refractivity contribution in [2.75, 3.05) is 19.8 Å². The van der Waals surface area contributed by atoms with Gasteiger partial charge in [0.05, 0.1) is 31.3 Å². The molecular formula is C22H42O9P2. The van der Waals surface area contributed by atoms with Gasteiger partial charge in [0.15, 0.2) is 0 Å². The van der Waals surface area contributed by atoms with Crippen LogP contribution in [0.4, 0.5) is 0 Å². The second-order valence-corrected chi connectivity index (χ2v) is 12.2. The van der Waals surface area contributed by atoms with Crippen molar-refractivity contribution in [3.63, 3.8) is 0 Å². The lowest BCUT2D eigenvalue weighted by atomic mass is 9.68. The molecule has 0 saturated carbocycles. The molecule has 0 amide bonds. The van der Waals surface area contributed by atoms with Gasteiger partial charge in [-0.05, 0) is 39.0 Å². The van der Waals surface area contributed by atoms with Crippen LogP contribution in [0.25, 0.3) is 0 Å². The lowest BCUT2D eigenvalue weighted by Crippen LogP contribution is -2.42. The highest BCUT2D eigenvalue weighted by atomic mass is 31.2. The topological polar surface area (TPSA) is 171 Å². The predicted octanol–water partition coefficient (Wildman–Crippen LogP) is 2.83. The molecule has 1 rings (SSSR count). The summed E-state index contributed by atoms with van der Waals surface area (Å²) in [7, 11) is -5.22. The smallest absolute Gasteiger partial charge is 0.334 e. The van der Waals surface area contributed by atoms with E-state index in [1.807, 2.05) is 0 Å². The first-order valence-corrected chi connectivity index (χ1v) is 12.9. The maximum absolute atomic E-state index is 11.3. The molecule has 194 valence electrons. The van der Waals surface area contributed by atoms with E-state index in [9.17, 15) is 20.4 Å². The number of aliphatic hydroxyl groups is 4. The van der Waals surface area contributed by atoms with Crippen LogP contribution in [0.5, 0.6) is 0 Å². The Morgan fingerprint density at radius 1 is 0.758 bits per heavy atom. The molecular weight excluding hydrogens is 470 g/mol. The van der Waals surface area contributed by atoms with Crippen molar-refractivity contribution < 1.29 is 44.3 Å². The lowest BCUT2D eigenvalue weighted by Gasteiger charge is -2.40. The summed E-state index contributed by atoms with van der Waals surface area (Å²) >= 11 is 0. The SMILES string of the molecule is CC(C)c1cc(C(C)(C)C)c(C(O)C(CO)(CO)CO)c(C(C)(C)C)c1.OP(O)OP(O)O. The van der Waals surface area contributed by atoms with Crippen molar-refractivity contribution in [3.8, 4) is 0 Å². The van der Waals surface area contributed by atoms with E-state index in [2.05, 4.69) is 71.8 Å². The summed E-state index contributed by atoms with van der Waals surface area (Å²) in [5.74, 6) is 0.335. The summed E-state index contributed by atoms with van der Waals surface area (Å²) in [5.41, 5.74) is 2.01. The summed E-state index contributed by atoms with van der Waals surface area (Å²) in [4.78, 5) is 31.3. The maximum Gasteiger partial charge on any atom is 0.334 e. The third-order valence-electron chi connectivity index (χ3n) is 5.43. The highest BCUT2D eigenvalue weighted by molar-refractivity contribution is 7.53. The molecule has 0 aliphatic carbocycles. The molecule has 0 saturated heterocycles. The third-order valence-corrected chi connectivity index (χ3v) is 6.60. The Bertz CT molecular complexity index is 672. The van der Waals surface area contributed by atoms with Crippen LogP contribution >= 0.6 is 17.2 Å². The van der Waals surface area contributed by atoms with Crippen LogP contribution in [-0.4, -0.2) is 59.8 Å². The number of benzene rings is 1. The Morgan fingerprint density at radius 3 is 1.27 bits per heavy atom. The summed E-state index contributed by atoms with van der Waals surface area (Å²) < 4.78 is 3.60. The monoisotopic (exact) mass is 512 g/mol. The van der Waals surface area contributed by atoms with Gasteiger partial charge in [-0.3, -0.25) is 0 Å². The van der Waals surface area contributed by atoms with Gasteiger partial charge in [-0.15, -0.1) is 0 Å². The Morgan fingerprint density at radius 2 is 1.09 bits per heavy atom. The average molecular weight is 513 g/mol. The minimum absolute atomic E-state index is 0.243. The third kappa shape index (κ3) is 9.36. The fourth-order valence-corrected chi connectivity index (χ4v) is 3.85. The summed E-state index contributed by atoms with van der Waals surface area (Å²) in [6.07, 6.45) is -1.17. The van der Waals surface area contributed by atoms with Gasteiger partial charge < -0.3 is 40.0 Å². The molecule has 1 aromatic rings. The van der Waals surface area contributed by atoms with Crippen molar-refractivity contribution in [1.82, 2.24) is 0 Å². The molecule has 1 unspecified atom stereocenters. The van der Waals surface area contributed by atoms with Crippen LogP contribution in [0.2, 0.25) is 0 Å². The highest BCUT2D eigenvalue weighted by Crippen LogP contribution is 2.45. The summed E-state index contributed by atoms with van der Waals surface area (Å²) in [6.45, 7) is 15.3. The molecule has 0 aliphatic heterocycles. The van der Waals surface area contributed by atoms with Gasteiger partial charge in [0.1, 0.15) is 0 Å². The molecule has 0 radical (unpaired) electrons. The van der Waals surface area contributed by atoms with Gasteiger partial charge in [0.2, 0.25) is 0 Å². The molecule has 0 fully saturated rings. The lowest BCUT2D eigenvalue weighted by molar-refractivity contribution is -0.0863. The zero-order valence-electron chi connectivity index (χ0n) is 20.8. The molecule has 0 heterocycles. The van der Waals surface area contributed by atoms with Gasteiger partial charge >= 0.3 is 17.2 Å². The second kappa shape index (κ2) is 13.1. The number of hydrogen-bond acceptors (Lipinski definition) is 9. The predicted molar refractivity (Wildman–Crippen MR) is 130 cm³/mol. The molecule has 11 heteroatoms. The van der Waals surface area contributed by atoms with Crippen molar-refractivity contribution in [2.45, 2.75) is 78.2 Å². The zero-order chi connectivity index (χ0) is 26.4. The van der Waals surface area contributed by atoms with Gasteiger partial charge in [0, 0.05) is 0 Å². The molecule has 1 atom stereocenters. The Kier molecular flexibility index (Phi) is 13.0. The maximum atomic E-state index is 11.3. The van der Waals surface area contributed by atoms with E-state index in [-0.39, 0.29) is 10.8 Å². The second-order valence-electron chi connectivity index (χ2n) is 10.5. The van der Waals surface area contributed by atoms with E-state index in [1.54, 1.807) is 0 Å². The molecule has 1 aromatic carbocycles. The number of aliphatic hydroxyl groups excluding tert-OH is 4. The zero-order valence-corrected chi connectivity index (χ0v) is 22.6. The molecule has 9 nitrogen and oxygen atoms in total. The summed E-state index contributed by atoms with van der Waals surface area (Å²) in [6, 6.07) is 4.24. The van der Waals surface area contributed by atoms with Crippen LogP contribution in [0.15, 0.2) is 12.1 Å². The summed E-state index contributed by atoms with van der Waals surface area (Å²) in [5, 5.41) is 40.8. The number of rotatable bonds is 8. The van der Waals surface area contributed by atoms with Crippen molar-refractivity contribution >= 4 is 17.2 Å². The van der Waals surface area contributed by atoms with Gasteiger partial charge in [0.25, 0.3) is 0 Å². The van der Waals surface area contributed by atoms with E-state index in [0.29, 0.717) is 11.5 Å². The molecule has 0 bridgehead atoms. The first-order valence-electron chi connectivity index (χ1n) is 10.6. The van der Waals surface area contributed by atoms with Gasteiger partial charge in [-0.2, -0.15) is 0 Å².